The van der Waals surface area contributed by atoms with E-state index in [2.05, 4.69) is 10.3 Å². The molecule has 6 heteroatoms. The number of nitrogens with one attached hydrogen (secondary N) is 1. The van der Waals surface area contributed by atoms with Crippen molar-refractivity contribution < 1.29 is 18.0 Å². The average Bonchev–Trinajstić information content (AvgIpc) is 2.39. The van der Waals surface area contributed by atoms with Crippen LogP contribution in [0.3, 0.4) is 0 Å². The zero-order valence-corrected chi connectivity index (χ0v) is 10.3. The molecule has 0 spiro atoms. The van der Waals surface area contributed by atoms with Gasteiger partial charge in [-0.2, -0.15) is 13.2 Å². The van der Waals surface area contributed by atoms with Crippen molar-refractivity contribution in [3.8, 4) is 0 Å². The highest BCUT2D eigenvalue weighted by Crippen LogP contribution is 2.37. The number of aromatic nitrogens is 1. The second-order valence-electron chi connectivity index (χ2n) is 4.73. The third-order valence-corrected chi connectivity index (χ3v) is 3.40. The molecule has 2 atom stereocenters. The van der Waals surface area contributed by atoms with Crippen LogP contribution in [0.2, 0.25) is 0 Å². The third kappa shape index (κ3) is 3.45. The lowest BCUT2D eigenvalue weighted by Crippen LogP contribution is -2.47. The molecule has 1 aliphatic rings. The molecule has 1 amide bonds. The summed E-state index contributed by atoms with van der Waals surface area (Å²) in [5.41, 5.74) is 0.147. The van der Waals surface area contributed by atoms with Crippen molar-refractivity contribution in [3.05, 3.63) is 30.1 Å². The van der Waals surface area contributed by atoms with E-state index in [0.29, 0.717) is 19.3 Å². The molecule has 2 rings (SSSR count). The molecule has 2 unspecified atom stereocenters. The third-order valence-electron chi connectivity index (χ3n) is 3.40. The van der Waals surface area contributed by atoms with Gasteiger partial charge >= 0.3 is 6.18 Å². The topological polar surface area (TPSA) is 42.0 Å². The summed E-state index contributed by atoms with van der Waals surface area (Å²) in [6.45, 7) is 0. The van der Waals surface area contributed by atoms with Gasteiger partial charge < -0.3 is 5.32 Å². The Balaban J connectivity index is 2.06. The number of hydrogen-bond donors (Lipinski definition) is 1. The summed E-state index contributed by atoms with van der Waals surface area (Å²) >= 11 is 0. The summed E-state index contributed by atoms with van der Waals surface area (Å²) in [4.78, 5) is 15.7. The molecule has 1 heterocycles. The Bertz CT molecular complexity index is 433. The molecule has 1 aliphatic carbocycles. The maximum atomic E-state index is 12.9. The van der Waals surface area contributed by atoms with E-state index < -0.39 is 24.0 Å². The van der Waals surface area contributed by atoms with Crippen molar-refractivity contribution in [3.63, 3.8) is 0 Å². The number of nitrogens with zero attached hydrogens (tertiary/aromatic N) is 1. The summed E-state index contributed by atoms with van der Waals surface area (Å²) in [7, 11) is 0. The number of alkyl halides is 3. The maximum absolute atomic E-state index is 12.9. The van der Waals surface area contributed by atoms with E-state index in [0.717, 1.165) is 0 Å². The fourth-order valence-corrected chi connectivity index (χ4v) is 2.43. The highest BCUT2D eigenvalue weighted by atomic mass is 19.4. The number of carbonyl (C=O) groups excluding carboxylic acids is 1. The van der Waals surface area contributed by atoms with Crippen LogP contribution in [-0.4, -0.2) is 23.1 Å². The first-order chi connectivity index (χ1) is 8.98. The van der Waals surface area contributed by atoms with Crippen molar-refractivity contribution in [1.29, 1.82) is 0 Å². The second-order valence-corrected chi connectivity index (χ2v) is 4.73. The summed E-state index contributed by atoms with van der Waals surface area (Å²) in [6, 6.07) is 3.92. The molecule has 0 radical (unpaired) electrons. The van der Waals surface area contributed by atoms with Gasteiger partial charge in [0.1, 0.15) is 5.69 Å². The molecular weight excluding hydrogens is 257 g/mol. The summed E-state index contributed by atoms with van der Waals surface area (Å²) < 4.78 is 38.6. The van der Waals surface area contributed by atoms with Crippen LogP contribution in [0.1, 0.15) is 36.2 Å². The van der Waals surface area contributed by atoms with Crippen LogP contribution in [0.5, 0.6) is 0 Å². The van der Waals surface area contributed by atoms with E-state index >= 15 is 0 Å². The van der Waals surface area contributed by atoms with E-state index in [1.807, 2.05) is 0 Å². The van der Waals surface area contributed by atoms with Gasteiger partial charge in [0.05, 0.1) is 5.92 Å². The molecule has 1 N–H and O–H groups in total. The molecule has 1 saturated carbocycles. The second kappa shape index (κ2) is 5.59. The lowest BCUT2D eigenvalue weighted by molar-refractivity contribution is -0.187. The number of hydrogen-bond acceptors (Lipinski definition) is 2. The molecule has 1 aromatic rings. The van der Waals surface area contributed by atoms with Crippen molar-refractivity contribution in [2.75, 3.05) is 0 Å². The zero-order valence-electron chi connectivity index (χ0n) is 10.3. The van der Waals surface area contributed by atoms with Gasteiger partial charge in [-0.05, 0) is 25.0 Å². The fraction of sp³-hybridized carbons (Fsp3) is 0.538. The molecule has 0 aliphatic heterocycles. The Morgan fingerprint density at radius 1 is 1.26 bits per heavy atom. The van der Waals surface area contributed by atoms with Gasteiger partial charge in [-0.1, -0.05) is 18.9 Å². The van der Waals surface area contributed by atoms with Crippen LogP contribution >= 0.6 is 0 Å². The lowest BCUT2D eigenvalue weighted by atomic mass is 9.84. The fourth-order valence-electron chi connectivity index (χ4n) is 2.43. The predicted octanol–water partition coefficient (Wildman–Crippen LogP) is 2.93. The van der Waals surface area contributed by atoms with Gasteiger partial charge in [0.2, 0.25) is 0 Å². The van der Waals surface area contributed by atoms with Crippen LogP contribution in [0, 0.1) is 5.92 Å². The normalized spacial score (nSPS) is 23.9. The van der Waals surface area contributed by atoms with Crippen LogP contribution in [0.25, 0.3) is 0 Å². The number of rotatable bonds is 2. The van der Waals surface area contributed by atoms with Gasteiger partial charge in [0.25, 0.3) is 5.91 Å². The lowest BCUT2D eigenvalue weighted by Gasteiger charge is -2.33. The van der Waals surface area contributed by atoms with E-state index in [1.165, 1.54) is 12.3 Å². The highest BCUT2D eigenvalue weighted by Gasteiger charge is 2.46. The largest absolute Gasteiger partial charge is 0.393 e. The minimum absolute atomic E-state index is 0.0800. The first kappa shape index (κ1) is 13.8. The zero-order chi connectivity index (χ0) is 13.9. The quantitative estimate of drug-likeness (QED) is 0.899. The molecule has 104 valence electrons. The number of halogens is 3. The molecule has 19 heavy (non-hydrogen) atoms. The standard InChI is InChI=1S/C13H15F3N2O/c14-13(15,16)9-5-1-2-6-10(9)18-12(19)11-7-3-4-8-17-11/h3-4,7-10H,1-2,5-6H2,(H,18,19). The van der Waals surface area contributed by atoms with Crippen LogP contribution < -0.4 is 5.32 Å². The minimum atomic E-state index is -4.26. The van der Waals surface area contributed by atoms with Gasteiger partial charge in [0, 0.05) is 12.2 Å². The van der Waals surface area contributed by atoms with Crippen LogP contribution in [0.15, 0.2) is 24.4 Å². The molecule has 1 aromatic heterocycles. The van der Waals surface area contributed by atoms with E-state index in [1.54, 1.807) is 12.1 Å². The number of carbonyl (C=O) groups is 1. The number of amides is 1. The molecule has 0 bridgehead atoms. The first-order valence-electron chi connectivity index (χ1n) is 6.27. The average molecular weight is 272 g/mol. The minimum Gasteiger partial charge on any atom is -0.347 e. The molecule has 0 saturated heterocycles. The van der Waals surface area contributed by atoms with Crippen molar-refractivity contribution in [2.45, 2.75) is 37.9 Å². The van der Waals surface area contributed by atoms with Crippen molar-refractivity contribution >= 4 is 5.91 Å². The molecule has 0 aromatic carbocycles. The van der Waals surface area contributed by atoms with Crippen LogP contribution in [0.4, 0.5) is 13.2 Å². The van der Waals surface area contributed by atoms with Gasteiger partial charge in [-0.25, -0.2) is 0 Å². The van der Waals surface area contributed by atoms with E-state index in [9.17, 15) is 18.0 Å². The first-order valence-corrected chi connectivity index (χ1v) is 6.27. The van der Waals surface area contributed by atoms with E-state index in [4.69, 9.17) is 0 Å². The van der Waals surface area contributed by atoms with Gasteiger partial charge in [0.15, 0.2) is 0 Å². The molecular formula is C13H15F3N2O. The molecule has 3 nitrogen and oxygen atoms in total. The summed E-state index contributed by atoms with van der Waals surface area (Å²) in [6.07, 6.45) is -1.11. The Morgan fingerprint density at radius 3 is 2.63 bits per heavy atom. The van der Waals surface area contributed by atoms with Gasteiger partial charge in [-0.3, -0.25) is 9.78 Å². The Hall–Kier alpha value is -1.59. The maximum Gasteiger partial charge on any atom is 0.393 e. The highest BCUT2D eigenvalue weighted by molar-refractivity contribution is 5.92. The summed E-state index contributed by atoms with van der Waals surface area (Å²) in [5, 5.41) is 2.47. The predicted molar refractivity (Wildman–Crippen MR) is 63.5 cm³/mol. The monoisotopic (exact) mass is 272 g/mol. The smallest absolute Gasteiger partial charge is 0.347 e. The Labute approximate surface area is 109 Å². The SMILES string of the molecule is O=C(NC1CCCCC1C(F)(F)F)c1ccccn1. The Morgan fingerprint density at radius 2 is 2.00 bits per heavy atom. The summed E-state index contributed by atoms with van der Waals surface area (Å²) in [5.74, 6) is -1.99. The number of pyridine rings is 1. The van der Waals surface area contributed by atoms with Crippen molar-refractivity contribution in [1.82, 2.24) is 10.3 Å². The Kier molecular flexibility index (Phi) is 4.07. The van der Waals surface area contributed by atoms with Crippen LogP contribution in [-0.2, 0) is 0 Å². The van der Waals surface area contributed by atoms with E-state index in [-0.39, 0.29) is 12.1 Å². The van der Waals surface area contributed by atoms with Crippen molar-refractivity contribution in [2.24, 2.45) is 5.92 Å². The molecule has 1 fully saturated rings. The van der Waals surface area contributed by atoms with Gasteiger partial charge in [-0.15, -0.1) is 0 Å².